The summed E-state index contributed by atoms with van der Waals surface area (Å²) < 4.78 is 18.3. The van der Waals surface area contributed by atoms with Crippen molar-refractivity contribution in [3.8, 4) is 5.75 Å². The first-order valence-electron chi connectivity index (χ1n) is 6.30. The van der Waals surface area contributed by atoms with E-state index in [2.05, 4.69) is 10.3 Å². The SMILES string of the molecule is CCOc1cccc(NC(C)c2ccc(F)cn2)c1. The standard InChI is InChI=1S/C15H17FN2O/c1-3-19-14-6-4-5-13(9-14)18-11(2)15-8-7-12(16)10-17-15/h4-11,18H,3H2,1-2H3. The monoisotopic (exact) mass is 260 g/mol. The molecule has 0 saturated heterocycles. The van der Waals surface area contributed by atoms with Crippen LogP contribution in [0.2, 0.25) is 0 Å². The molecule has 0 bridgehead atoms. The molecule has 0 aliphatic carbocycles. The third-order valence-corrected chi connectivity index (χ3v) is 2.72. The van der Waals surface area contributed by atoms with E-state index in [1.807, 2.05) is 38.1 Å². The van der Waals surface area contributed by atoms with E-state index in [1.165, 1.54) is 12.3 Å². The lowest BCUT2D eigenvalue weighted by Gasteiger charge is -2.15. The molecule has 2 rings (SSSR count). The topological polar surface area (TPSA) is 34.1 Å². The molecule has 0 amide bonds. The summed E-state index contributed by atoms with van der Waals surface area (Å²) in [5, 5.41) is 3.31. The van der Waals surface area contributed by atoms with Crippen LogP contribution in [0.5, 0.6) is 5.75 Å². The fraction of sp³-hybridized carbons (Fsp3) is 0.267. The van der Waals surface area contributed by atoms with Crippen LogP contribution in [0.3, 0.4) is 0 Å². The van der Waals surface area contributed by atoms with Gasteiger partial charge in [0.2, 0.25) is 0 Å². The minimum absolute atomic E-state index is 0.00234. The molecular formula is C15H17FN2O. The molecule has 0 spiro atoms. The zero-order valence-electron chi connectivity index (χ0n) is 11.1. The van der Waals surface area contributed by atoms with E-state index >= 15 is 0 Å². The van der Waals surface area contributed by atoms with Gasteiger partial charge >= 0.3 is 0 Å². The number of anilines is 1. The van der Waals surface area contributed by atoms with Crippen molar-refractivity contribution in [1.82, 2.24) is 4.98 Å². The molecule has 2 aromatic rings. The number of aromatic nitrogens is 1. The predicted molar refractivity (Wildman–Crippen MR) is 73.8 cm³/mol. The summed E-state index contributed by atoms with van der Waals surface area (Å²) in [5.41, 5.74) is 1.74. The summed E-state index contributed by atoms with van der Waals surface area (Å²) >= 11 is 0. The molecule has 1 aromatic heterocycles. The summed E-state index contributed by atoms with van der Waals surface area (Å²) in [4.78, 5) is 4.06. The van der Waals surface area contributed by atoms with Crippen LogP contribution in [-0.4, -0.2) is 11.6 Å². The van der Waals surface area contributed by atoms with Gasteiger partial charge in [0.25, 0.3) is 0 Å². The Hall–Kier alpha value is -2.10. The molecule has 1 heterocycles. The van der Waals surface area contributed by atoms with E-state index in [-0.39, 0.29) is 11.9 Å². The Morgan fingerprint density at radius 1 is 1.32 bits per heavy atom. The second-order valence-corrected chi connectivity index (χ2v) is 4.23. The number of halogens is 1. The molecule has 1 N–H and O–H groups in total. The first-order chi connectivity index (χ1) is 9.19. The van der Waals surface area contributed by atoms with Crippen molar-refractivity contribution in [3.63, 3.8) is 0 Å². The van der Waals surface area contributed by atoms with Crippen LogP contribution in [0.4, 0.5) is 10.1 Å². The molecule has 19 heavy (non-hydrogen) atoms. The van der Waals surface area contributed by atoms with Gasteiger partial charge in [0.1, 0.15) is 11.6 Å². The van der Waals surface area contributed by atoms with Gasteiger partial charge in [0.15, 0.2) is 0 Å². The Kier molecular flexibility index (Phi) is 4.34. The highest BCUT2D eigenvalue weighted by Crippen LogP contribution is 2.22. The van der Waals surface area contributed by atoms with E-state index in [4.69, 9.17) is 4.74 Å². The predicted octanol–water partition coefficient (Wildman–Crippen LogP) is 3.79. The molecule has 3 nitrogen and oxygen atoms in total. The van der Waals surface area contributed by atoms with Crippen LogP contribution in [0.1, 0.15) is 25.6 Å². The van der Waals surface area contributed by atoms with Crippen LogP contribution in [0.15, 0.2) is 42.6 Å². The van der Waals surface area contributed by atoms with E-state index in [1.54, 1.807) is 6.07 Å². The number of ether oxygens (including phenoxy) is 1. The van der Waals surface area contributed by atoms with Crippen LogP contribution < -0.4 is 10.1 Å². The molecular weight excluding hydrogens is 243 g/mol. The zero-order valence-corrected chi connectivity index (χ0v) is 11.1. The van der Waals surface area contributed by atoms with Crippen molar-refractivity contribution in [2.75, 3.05) is 11.9 Å². The Bertz CT molecular complexity index is 528. The third kappa shape index (κ3) is 3.68. The van der Waals surface area contributed by atoms with Gasteiger partial charge in [-0.1, -0.05) is 6.07 Å². The van der Waals surface area contributed by atoms with Gasteiger partial charge in [-0.25, -0.2) is 4.39 Å². The molecule has 0 aliphatic heterocycles. The van der Waals surface area contributed by atoms with Gasteiger partial charge in [-0.3, -0.25) is 4.98 Å². The summed E-state index contributed by atoms with van der Waals surface area (Å²) in [5.74, 6) is 0.501. The van der Waals surface area contributed by atoms with Gasteiger partial charge in [-0.15, -0.1) is 0 Å². The number of rotatable bonds is 5. The maximum absolute atomic E-state index is 12.8. The van der Waals surface area contributed by atoms with Gasteiger partial charge in [0, 0.05) is 11.8 Å². The lowest BCUT2D eigenvalue weighted by Crippen LogP contribution is -2.08. The molecule has 0 saturated carbocycles. The third-order valence-electron chi connectivity index (χ3n) is 2.72. The lowest BCUT2D eigenvalue weighted by atomic mass is 10.2. The van der Waals surface area contributed by atoms with Crippen LogP contribution >= 0.6 is 0 Å². The first-order valence-corrected chi connectivity index (χ1v) is 6.30. The highest BCUT2D eigenvalue weighted by atomic mass is 19.1. The normalized spacial score (nSPS) is 11.9. The summed E-state index contributed by atoms with van der Waals surface area (Å²) in [7, 11) is 0. The number of pyridine rings is 1. The van der Waals surface area contributed by atoms with Crippen LogP contribution in [-0.2, 0) is 0 Å². The Morgan fingerprint density at radius 3 is 2.84 bits per heavy atom. The molecule has 0 radical (unpaired) electrons. The van der Waals surface area contributed by atoms with E-state index in [9.17, 15) is 4.39 Å². The summed E-state index contributed by atoms with van der Waals surface area (Å²) in [6.45, 7) is 4.57. The maximum Gasteiger partial charge on any atom is 0.141 e. The lowest BCUT2D eigenvalue weighted by molar-refractivity contribution is 0.340. The minimum atomic E-state index is -0.325. The van der Waals surface area contributed by atoms with Crippen LogP contribution in [0.25, 0.3) is 0 Å². The fourth-order valence-corrected chi connectivity index (χ4v) is 1.81. The number of nitrogens with zero attached hydrogens (tertiary/aromatic N) is 1. The van der Waals surface area contributed by atoms with Gasteiger partial charge < -0.3 is 10.1 Å². The van der Waals surface area contributed by atoms with E-state index < -0.39 is 0 Å². The number of nitrogens with one attached hydrogen (secondary N) is 1. The number of hydrogen-bond donors (Lipinski definition) is 1. The molecule has 1 atom stereocenters. The van der Waals surface area contributed by atoms with Crippen molar-refractivity contribution in [2.45, 2.75) is 19.9 Å². The Labute approximate surface area is 112 Å². The van der Waals surface area contributed by atoms with Gasteiger partial charge in [0.05, 0.1) is 24.5 Å². The van der Waals surface area contributed by atoms with Crippen molar-refractivity contribution in [2.24, 2.45) is 0 Å². The molecule has 0 aliphatic rings. The van der Waals surface area contributed by atoms with E-state index in [0.29, 0.717) is 6.61 Å². The zero-order chi connectivity index (χ0) is 13.7. The number of benzene rings is 1. The van der Waals surface area contributed by atoms with Gasteiger partial charge in [-0.2, -0.15) is 0 Å². The smallest absolute Gasteiger partial charge is 0.141 e. The maximum atomic E-state index is 12.8. The molecule has 4 heteroatoms. The molecule has 1 unspecified atom stereocenters. The second kappa shape index (κ2) is 6.18. The number of hydrogen-bond acceptors (Lipinski definition) is 3. The van der Waals surface area contributed by atoms with Crippen molar-refractivity contribution < 1.29 is 9.13 Å². The Balaban J connectivity index is 2.07. The average Bonchev–Trinajstić information content (AvgIpc) is 2.40. The van der Waals surface area contributed by atoms with Gasteiger partial charge in [-0.05, 0) is 38.1 Å². The van der Waals surface area contributed by atoms with Crippen LogP contribution in [0, 0.1) is 5.82 Å². The first kappa shape index (κ1) is 13.3. The Morgan fingerprint density at radius 2 is 2.16 bits per heavy atom. The van der Waals surface area contributed by atoms with E-state index in [0.717, 1.165) is 17.1 Å². The van der Waals surface area contributed by atoms with Crippen molar-refractivity contribution >= 4 is 5.69 Å². The molecule has 0 fully saturated rings. The molecule has 100 valence electrons. The summed E-state index contributed by atoms with van der Waals surface area (Å²) in [6.07, 6.45) is 1.23. The summed E-state index contributed by atoms with van der Waals surface area (Å²) in [6, 6.07) is 10.8. The highest BCUT2D eigenvalue weighted by Gasteiger charge is 2.07. The fourth-order valence-electron chi connectivity index (χ4n) is 1.81. The largest absolute Gasteiger partial charge is 0.494 e. The average molecular weight is 260 g/mol. The minimum Gasteiger partial charge on any atom is -0.494 e. The van der Waals surface area contributed by atoms with Crippen molar-refractivity contribution in [1.29, 1.82) is 0 Å². The molecule has 1 aromatic carbocycles. The van der Waals surface area contributed by atoms with Crippen molar-refractivity contribution in [3.05, 3.63) is 54.1 Å². The second-order valence-electron chi connectivity index (χ2n) is 4.23. The highest BCUT2D eigenvalue weighted by molar-refractivity contribution is 5.49. The quantitative estimate of drug-likeness (QED) is 0.888.